The molecule has 0 saturated carbocycles. The van der Waals surface area contributed by atoms with Gasteiger partial charge in [-0.1, -0.05) is 165 Å². The smallest absolute Gasteiger partial charge is 0.0491 e. The molecule has 9 rings (SSSR count). The zero-order valence-corrected chi connectivity index (χ0v) is 27.7. The van der Waals surface area contributed by atoms with Crippen molar-refractivity contribution in [3.8, 4) is 44.5 Å². The van der Waals surface area contributed by atoms with Crippen molar-refractivity contribution in [3.63, 3.8) is 0 Å². The molecule has 0 aliphatic carbocycles. The summed E-state index contributed by atoms with van der Waals surface area (Å²) in [5.74, 6) is 0. The molecule has 9 aromatic rings. The number of para-hydroxylation sites is 1. The maximum absolute atomic E-state index is 2.49. The fraction of sp³-hybridized carbons (Fsp3) is 0.0833. The Kier molecular flexibility index (Phi) is 7.32. The van der Waals surface area contributed by atoms with Gasteiger partial charge in [0, 0.05) is 28.4 Å². The van der Waals surface area contributed by atoms with E-state index < -0.39 is 0 Å². The van der Waals surface area contributed by atoms with Gasteiger partial charge < -0.3 is 4.57 Å². The summed E-state index contributed by atoms with van der Waals surface area (Å²) in [6.07, 6.45) is 2.38. The Bertz CT molecular complexity index is 2550. The Morgan fingerprint density at radius 1 is 0.347 bits per heavy atom. The van der Waals surface area contributed by atoms with E-state index in [2.05, 4.69) is 181 Å². The van der Waals surface area contributed by atoms with Crippen molar-refractivity contribution >= 4 is 43.4 Å². The van der Waals surface area contributed by atoms with Gasteiger partial charge in [-0.2, -0.15) is 0 Å². The minimum atomic E-state index is 1.05. The molecule has 1 heteroatoms. The first-order valence-corrected chi connectivity index (χ1v) is 17.5. The lowest BCUT2D eigenvalue weighted by Crippen LogP contribution is -1.96. The maximum Gasteiger partial charge on any atom is 0.0491 e. The zero-order valence-electron chi connectivity index (χ0n) is 27.7. The second-order valence-electron chi connectivity index (χ2n) is 13.1. The highest BCUT2D eigenvalue weighted by atomic mass is 15.0. The van der Waals surface area contributed by atoms with Crippen LogP contribution in [0.15, 0.2) is 170 Å². The zero-order chi connectivity index (χ0) is 32.7. The minimum absolute atomic E-state index is 1.05. The van der Waals surface area contributed by atoms with Crippen LogP contribution in [-0.4, -0.2) is 4.57 Å². The van der Waals surface area contributed by atoms with Gasteiger partial charge in [0.1, 0.15) is 0 Å². The summed E-state index contributed by atoms with van der Waals surface area (Å²) in [5, 5.41) is 7.80. The summed E-state index contributed by atoms with van der Waals surface area (Å²) in [7, 11) is 0. The van der Waals surface area contributed by atoms with Crippen LogP contribution < -0.4 is 0 Å². The first-order valence-electron chi connectivity index (χ1n) is 17.5. The van der Waals surface area contributed by atoms with Crippen LogP contribution in [0.25, 0.3) is 87.9 Å². The summed E-state index contributed by atoms with van der Waals surface area (Å²) in [5.41, 5.74) is 12.7. The molecule has 0 bridgehead atoms. The average Bonchev–Trinajstić information content (AvgIpc) is 3.49. The molecular formula is C48H37N. The first-order chi connectivity index (χ1) is 24.3. The number of fused-ring (bicyclic) bond motifs is 5. The first kappa shape index (κ1) is 29.2. The largest absolute Gasteiger partial charge is 0.340 e. The van der Waals surface area contributed by atoms with Gasteiger partial charge in [-0.3, -0.25) is 0 Å². The Balaban J connectivity index is 1.08. The van der Waals surface area contributed by atoms with E-state index in [1.54, 1.807) is 0 Å². The maximum atomic E-state index is 2.49. The number of unbranched alkanes of at least 4 members (excludes halogenated alkanes) is 1. The molecule has 0 unspecified atom stereocenters. The van der Waals surface area contributed by atoms with Crippen molar-refractivity contribution in [1.29, 1.82) is 0 Å². The lowest BCUT2D eigenvalue weighted by atomic mass is 9.86. The van der Waals surface area contributed by atoms with E-state index in [1.165, 1.54) is 101 Å². The van der Waals surface area contributed by atoms with Crippen molar-refractivity contribution in [2.24, 2.45) is 0 Å². The highest BCUT2D eigenvalue weighted by Crippen LogP contribution is 2.44. The SMILES string of the molecule is CCCCn1c2ccccc2c2cc(-c3ccc(-c4ccc(-c5c6ccccc6c(-c6ccccc6)c6ccccc56)cc4)cc3)ccc21. The molecule has 1 aromatic heterocycles. The summed E-state index contributed by atoms with van der Waals surface area (Å²) in [6.45, 7) is 3.32. The molecule has 0 radical (unpaired) electrons. The predicted octanol–water partition coefficient (Wildman–Crippen LogP) is 13.6. The number of rotatable bonds is 7. The Hall–Kier alpha value is -5.92. The van der Waals surface area contributed by atoms with Gasteiger partial charge in [-0.15, -0.1) is 0 Å². The van der Waals surface area contributed by atoms with E-state index >= 15 is 0 Å². The number of hydrogen-bond acceptors (Lipinski definition) is 0. The highest BCUT2D eigenvalue weighted by Gasteiger charge is 2.16. The molecule has 0 N–H and O–H groups in total. The van der Waals surface area contributed by atoms with Crippen molar-refractivity contribution in [1.82, 2.24) is 4.57 Å². The van der Waals surface area contributed by atoms with E-state index in [0.29, 0.717) is 0 Å². The molecule has 0 atom stereocenters. The highest BCUT2D eigenvalue weighted by molar-refractivity contribution is 6.21. The van der Waals surface area contributed by atoms with Crippen molar-refractivity contribution < 1.29 is 0 Å². The van der Waals surface area contributed by atoms with Crippen LogP contribution in [0.2, 0.25) is 0 Å². The summed E-state index contributed by atoms with van der Waals surface area (Å²) in [6, 6.07) is 62.5. The van der Waals surface area contributed by atoms with E-state index in [4.69, 9.17) is 0 Å². The fourth-order valence-corrected chi connectivity index (χ4v) is 7.83. The van der Waals surface area contributed by atoms with Crippen LogP contribution in [-0.2, 0) is 6.54 Å². The van der Waals surface area contributed by atoms with Crippen LogP contribution in [0.5, 0.6) is 0 Å². The summed E-state index contributed by atoms with van der Waals surface area (Å²) >= 11 is 0. The quantitative estimate of drug-likeness (QED) is 0.155. The van der Waals surface area contributed by atoms with Gasteiger partial charge in [-0.25, -0.2) is 0 Å². The lowest BCUT2D eigenvalue weighted by molar-refractivity contribution is 0.665. The number of benzene rings is 8. The Labute approximate surface area is 287 Å². The molecule has 234 valence electrons. The number of hydrogen-bond donors (Lipinski definition) is 0. The second-order valence-corrected chi connectivity index (χ2v) is 13.1. The topological polar surface area (TPSA) is 4.93 Å². The van der Waals surface area contributed by atoms with Gasteiger partial charge in [0.2, 0.25) is 0 Å². The molecule has 0 amide bonds. The normalized spacial score (nSPS) is 11.6. The molecule has 49 heavy (non-hydrogen) atoms. The number of aromatic nitrogens is 1. The van der Waals surface area contributed by atoms with Crippen LogP contribution in [0.1, 0.15) is 19.8 Å². The standard InChI is InChI=1S/C48H37N/c1-2-3-31-49-45-20-12-11-15-39(45)44-32-38(29-30-46(44)49)35-23-21-33(22-24-35)34-25-27-37(28-26-34)48-42-18-9-7-16-40(42)47(36-13-5-4-6-14-36)41-17-8-10-19-43(41)48/h4-30,32H,2-3,31H2,1H3. The van der Waals surface area contributed by atoms with Gasteiger partial charge >= 0.3 is 0 Å². The number of nitrogens with zero attached hydrogens (tertiary/aromatic N) is 1. The summed E-state index contributed by atoms with van der Waals surface area (Å²) < 4.78 is 2.49. The third kappa shape index (κ3) is 5.02. The van der Waals surface area contributed by atoms with Gasteiger partial charge in [-0.05, 0) is 90.7 Å². The van der Waals surface area contributed by atoms with Gasteiger partial charge in [0.25, 0.3) is 0 Å². The van der Waals surface area contributed by atoms with Crippen molar-refractivity contribution in [3.05, 3.63) is 170 Å². The van der Waals surface area contributed by atoms with E-state index in [1.807, 2.05) is 0 Å². The van der Waals surface area contributed by atoms with Crippen LogP contribution in [0, 0.1) is 0 Å². The second kappa shape index (κ2) is 12.3. The third-order valence-corrected chi connectivity index (χ3v) is 10.2. The summed E-state index contributed by atoms with van der Waals surface area (Å²) in [4.78, 5) is 0. The molecule has 0 spiro atoms. The predicted molar refractivity (Wildman–Crippen MR) is 211 cm³/mol. The van der Waals surface area contributed by atoms with E-state index in [0.717, 1.165) is 6.54 Å². The van der Waals surface area contributed by atoms with E-state index in [-0.39, 0.29) is 0 Å². The molecule has 0 saturated heterocycles. The van der Waals surface area contributed by atoms with Gasteiger partial charge in [0.15, 0.2) is 0 Å². The Morgan fingerprint density at radius 3 is 1.31 bits per heavy atom. The lowest BCUT2D eigenvalue weighted by Gasteiger charge is -2.18. The molecule has 1 heterocycles. The molecule has 0 fully saturated rings. The van der Waals surface area contributed by atoms with Crippen molar-refractivity contribution in [2.45, 2.75) is 26.3 Å². The fourth-order valence-electron chi connectivity index (χ4n) is 7.83. The number of aryl methyl sites for hydroxylation is 1. The van der Waals surface area contributed by atoms with E-state index in [9.17, 15) is 0 Å². The van der Waals surface area contributed by atoms with Crippen molar-refractivity contribution in [2.75, 3.05) is 0 Å². The molecular weight excluding hydrogens is 591 g/mol. The molecule has 8 aromatic carbocycles. The Morgan fingerprint density at radius 2 is 0.755 bits per heavy atom. The molecule has 1 nitrogen and oxygen atoms in total. The minimum Gasteiger partial charge on any atom is -0.340 e. The molecule has 0 aliphatic heterocycles. The van der Waals surface area contributed by atoms with Crippen LogP contribution in [0.3, 0.4) is 0 Å². The molecule has 0 aliphatic rings. The van der Waals surface area contributed by atoms with Crippen LogP contribution in [0.4, 0.5) is 0 Å². The monoisotopic (exact) mass is 627 g/mol. The van der Waals surface area contributed by atoms with Gasteiger partial charge in [0.05, 0.1) is 0 Å². The average molecular weight is 628 g/mol. The third-order valence-electron chi connectivity index (χ3n) is 10.2. The van der Waals surface area contributed by atoms with Crippen LogP contribution >= 0.6 is 0 Å².